The topological polar surface area (TPSA) is 38.0 Å². The van der Waals surface area contributed by atoms with Crippen LogP contribution < -0.4 is 11.3 Å². The lowest BCUT2D eigenvalue weighted by Crippen LogP contribution is -2.27. The summed E-state index contributed by atoms with van der Waals surface area (Å²) in [6.45, 7) is 2.04. The molecule has 3 N–H and O–H groups in total. The summed E-state index contributed by atoms with van der Waals surface area (Å²) in [5.74, 6) is 8.02. The third-order valence-electron chi connectivity index (χ3n) is 2.11. The van der Waals surface area contributed by atoms with Crippen LogP contribution in [0.5, 0.6) is 0 Å². The lowest BCUT2D eigenvalue weighted by atomic mass is 10.0. The zero-order chi connectivity index (χ0) is 10.6. The van der Waals surface area contributed by atoms with E-state index in [1.165, 1.54) is 5.56 Å². The molecule has 0 amide bonds. The summed E-state index contributed by atoms with van der Waals surface area (Å²) in [4.78, 5) is 0. The Kier molecular flexibility index (Phi) is 4.15. The van der Waals surface area contributed by atoms with Gasteiger partial charge in [-0.3, -0.25) is 11.3 Å². The molecule has 0 spiro atoms. The molecule has 0 bridgehead atoms. The van der Waals surface area contributed by atoms with Gasteiger partial charge in [0.1, 0.15) is 0 Å². The van der Waals surface area contributed by atoms with Gasteiger partial charge >= 0.3 is 0 Å². The van der Waals surface area contributed by atoms with Crippen LogP contribution in [0, 0.1) is 19.3 Å². The van der Waals surface area contributed by atoms with Crippen LogP contribution in [-0.2, 0) is 0 Å². The van der Waals surface area contributed by atoms with Crippen LogP contribution in [0.4, 0.5) is 0 Å². The van der Waals surface area contributed by atoms with Crippen molar-refractivity contribution >= 4 is 15.9 Å². The van der Waals surface area contributed by atoms with Crippen LogP contribution in [0.1, 0.15) is 23.6 Å². The minimum Gasteiger partial charge on any atom is -0.271 e. The number of terminal acetylenes is 1. The van der Waals surface area contributed by atoms with E-state index in [2.05, 4.69) is 33.3 Å². The number of hydrogen-bond acceptors (Lipinski definition) is 2. The molecule has 2 nitrogen and oxygen atoms in total. The molecule has 74 valence electrons. The van der Waals surface area contributed by atoms with Crippen molar-refractivity contribution in [3.63, 3.8) is 0 Å². The fourth-order valence-electron chi connectivity index (χ4n) is 1.28. The fraction of sp³-hybridized carbons (Fsp3) is 0.273. The fourth-order valence-corrected chi connectivity index (χ4v) is 1.52. The lowest BCUT2D eigenvalue weighted by molar-refractivity contribution is 0.568. The molecule has 0 aliphatic heterocycles. The van der Waals surface area contributed by atoms with Gasteiger partial charge in [-0.15, -0.1) is 12.3 Å². The van der Waals surface area contributed by atoms with Crippen molar-refractivity contribution in [3.8, 4) is 12.3 Å². The molecule has 0 aliphatic rings. The number of hydrazine groups is 1. The molecule has 0 radical (unpaired) electrons. The SMILES string of the molecule is C#CCC(NN)c1ccc(Br)c(C)c1. The second-order valence-corrected chi connectivity index (χ2v) is 3.99. The summed E-state index contributed by atoms with van der Waals surface area (Å²) in [5, 5.41) is 0. The third-order valence-corrected chi connectivity index (χ3v) is 3.00. The number of rotatable bonds is 3. The highest BCUT2D eigenvalue weighted by atomic mass is 79.9. The maximum Gasteiger partial charge on any atom is 0.0569 e. The highest BCUT2D eigenvalue weighted by Crippen LogP contribution is 2.22. The molecule has 1 aromatic rings. The maximum absolute atomic E-state index is 5.42. The summed E-state index contributed by atoms with van der Waals surface area (Å²) in [7, 11) is 0. The van der Waals surface area contributed by atoms with Crippen LogP contribution in [0.15, 0.2) is 22.7 Å². The number of halogens is 1. The van der Waals surface area contributed by atoms with Crippen LogP contribution >= 0.6 is 15.9 Å². The van der Waals surface area contributed by atoms with Crippen LogP contribution in [0.2, 0.25) is 0 Å². The molecule has 0 heterocycles. The molecule has 1 unspecified atom stereocenters. The van der Waals surface area contributed by atoms with Gasteiger partial charge < -0.3 is 0 Å². The van der Waals surface area contributed by atoms with Gasteiger partial charge in [0, 0.05) is 10.9 Å². The molecule has 0 saturated carbocycles. The summed E-state index contributed by atoms with van der Waals surface area (Å²) in [6.07, 6.45) is 5.85. The number of hydrogen-bond donors (Lipinski definition) is 2. The summed E-state index contributed by atoms with van der Waals surface area (Å²) in [5.41, 5.74) is 5.01. The lowest BCUT2D eigenvalue weighted by Gasteiger charge is -2.14. The third kappa shape index (κ3) is 2.58. The Bertz CT molecular complexity index is 355. The molecule has 1 rings (SSSR count). The van der Waals surface area contributed by atoms with E-state index in [1.807, 2.05) is 19.1 Å². The summed E-state index contributed by atoms with van der Waals surface area (Å²) >= 11 is 3.45. The Morgan fingerprint density at radius 1 is 1.64 bits per heavy atom. The molecule has 1 aromatic carbocycles. The number of benzene rings is 1. The molecule has 0 fully saturated rings. The smallest absolute Gasteiger partial charge is 0.0569 e. The molecular weight excluding hydrogens is 240 g/mol. The Morgan fingerprint density at radius 3 is 2.86 bits per heavy atom. The van der Waals surface area contributed by atoms with Crippen LogP contribution in [0.3, 0.4) is 0 Å². The summed E-state index contributed by atoms with van der Waals surface area (Å²) < 4.78 is 1.10. The highest BCUT2D eigenvalue weighted by molar-refractivity contribution is 9.10. The normalized spacial score (nSPS) is 12.1. The van der Waals surface area contributed by atoms with Crippen molar-refractivity contribution in [2.45, 2.75) is 19.4 Å². The van der Waals surface area contributed by atoms with Gasteiger partial charge in [-0.1, -0.05) is 28.1 Å². The quantitative estimate of drug-likeness (QED) is 0.492. The average molecular weight is 253 g/mol. The Hall–Kier alpha value is -0.820. The van der Waals surface area contributed by atoms with E-state index in [1.54, 1.807) is 0 Å². The van der Waals surface area contributed by atoms with Gasteiger partial charge in [-0.2, -0.15) is 0 Å². The number of aryl methyl sites for hydroxylation is 1. The minimum atomic E-state index is 0.0341. The van der Waals surface area contributed by atoms with Crippen molar-refractivity contribution in [2.24, 2.45) is 5.84 Å². The van der Waals surface area contributed by atoms with Crippen molar-refractivity contribution in [2.75, 3.05) is 0 Å². The van der Waals surface area contributed by atoms with E-state index in [0.29, 0.717) is 6.42 Å². The second kappa shape index (κ2) is 5.16. The van der Waals surface area contributed by atoms with Crippen molar-refractivity contribution in [1.82, 2.24) is 5.43 Å². The molecule has 0 aliphatic carbocycles. The van der Waals surface area contributed by atoms with Gasteiger partial charge in [0.2, 0.25) is 0 Å². The van der Waals surface area contributed by atoms with Gasteiger partial charge in [0.05, 0.1) is 6.04 Å². The first-order chi connectivity index (χ1) is 6.69. The minimum absolute atomic E-state index is 0.0341. The largest absolute Gasteiger partial charge is 0.271 e. The zero-order valence-electron chi connectivity index (χ0n) is 8.05. The van der Waals surface area contributed by atoms with Crippen LogP contribution in [0.25, 0.3) is 0 Å². The van der Waals surface area contributed by atoms with E-state index in [-0.39, 0.29) is 6.04 Å². The monoisotopic (exact) mass is 252 g/mol. The van der Waals surface area contributed by atoms with Crippen molar-refractivity contribution < 1.29 is 0 Å². The van der Waals surface area contributed by atoms with Gasteiger partial charge in [-0.25, -0.2) is 0 Å². The highest BCUT2D eigenvalue weighted by Gasteiger charge is 2.08. The zero-order valence-corrected chi connectivity index (χ0v) is 9.64. The second-order valence-electron chi connectivity index (χ2n) is 3.14. The van der Waals surface area contributed by atoms with Crippen molar-refractivity contribution in [1.29, 1.82) is 0 Å². The molecule has 0 saturated heterocycles. The predicted molar refractivity (Wildman–Crippen MR) is 62.4 cm³/mol. The number of nitrogens with one attached hydrogen (secondary N) is 1. The van der Waals surface area contributed by atoms with E-state index >= 15 is 0 Å². The maximum atomic E-state index is 5.42. The Labute approximate surface area is 93.0 Å². The van der Waals surface area contributed by atoms with E-state index < -0.39 is 0 Å². The van der Waals surface area contributed by atoms with E-state index in [0.717, 1.165) is 10.0 Å². The first kappa shape index (κ1) is 11.3. The van der Waals surface area contributed by atoms with Gasteiger partial charge in [0.15, 0.2) is 0 Å². The van der Waals surface area contributed by atoms with E-state index in [4.69, 9.17) is 12.3 Å². The first-order valence-electron chi connectivity index (χ1n) is 4.34. The van der Waals surface area contributed by atoms with E-state index in [9.17, 15) is 0 Å². The Morgan fingerprint density at radius 2 is 2.36 bits per heavy atom. The standard InChI is InChI=1S/C11H13BrN2/c1-3-4-11(14-13)9-5-6-10(12)8(2)7-9/h1,5-7,11,14H,4,13H2,2H3. The van der Waals surface area contributed by atoms with Crippen LogP contribution in [-0.4, -0.2) is 0 Å². The van der Waals surface area contributed by atoms with Gasteiger partial charge in [0.25, 0.3) is 0 Å². The molecule has 14 heavy (non-hydrogen) atoms. The van der Waals surface area contributed by atoms with Gasteiger partial charge in [-0.05, 0) is 24.1 Å². The average Bonchev–Trinajstić information content (AvgIpc) is 2.19. The molecule has 3 heteroatoms. The number of nitrogens with two attached hydrogens (primary N) is 1. The molecule has 0 aromatic heterocycles. The Balaban J connectivity index is 2.95. The van der Waals surface area contributed by atoms with Crippen molar-refractivity contribution in [3.05, 3.63) is 33.8 Å². The first-order valence-corrected chi connectivity index (χ1v) is 5.14. The summed E-state index contributed by atoms with van der Waals surface area (Å²) in [6, 6.07) is 6.13. The predicted octanol–water partition coefficient (Wildman–Crippen LogP) is 2.29. The molecule has 1 atom stereocenters. The molecular formula is C11H13BrN2.